The lowest BCUT2D eigenvalue weighted by molar-refractivity contribution is 0.102. The molecule has 1 N–H and O–H groups in total. The van der Waals surface area contributed by atoms with Crippen LogP contribution in [0.5, 0.6) is 28.7 Å². The number of carbonyl (C=O) groups is 1. The first-order chi connectivity index (χ1) is 12.6. The number of benzene rings is 2. The van der Waals surface area contributed by atoms with E-state index in [1.54, 1.807) is 37.4 Å². The molecule has 2 aromatic rings. The first-order valence-corrected chi connectivity index (χ1v) is 8.00. The Balaban J connectivity index is 2.32. The van der Waals surface area contributed by atoms with E-state index in [4.69, 9.17) is 23.7 Å². The molecule has 0 saturated heterocycles. The lowest BCUT2D eigenvalue weighted by atomic mass is 10.1. The number of ether oxygens (including phenoxy) is 5. The van der Waals surface area contributed by atoms with Crippen LogP contribution in [-0.2, 0) is 0 Å². The van der Waals surface area contributed by atoms with E-state index in [0.29, 0.717) is 46.6 Å². The fourth-order valence-electron chi connectivity index (χ4n) is 2.43. The van der Waals surface area contributed by atoms with Crippen LogP contribution in [0.25, 0.3) is 0 Å². The van der Waals surface area contributed by atoms with Gasteiger partial charge in [-0.15, -0.1) is 0 Å². The van der Waals surface area contributed by atoms with Crippen molar-refractivity contribution >= 4 is 11.6 Å². The zero-order valence-electron chi connectivity index (χ0n) is 15.5. The van der Waals surface area contributed by atoms with Crippen LogP contribution in [0.3, 0.4) is 0 Å². The summed E-state index contributed by atoms with van der Waals surface area (Å²) < 4.78 is 26.6. The standard InChI is InChI=1S/C19H23NO6/c1-6-26-14-8-7-12(9-16(14)23-3)20-19(21)13-10-17(24-4)18(25-5)11-15(13)22-2/h7-11H,6H2,1-5H3,(H,20,21). The molecular weight excluding hydrogens is 338 g/mol. The van der Waals surface area contributed by atoms with Crippen molar-refractivity contribution in [3.8, 4) is 28.7 Å². The molecule has 0 heterocycles. The highest BCUT2D eigenvalue weighted by atomic mass is 16.5. The van der Waals surface area contributed by atoms with E-state index in [2.05, 4.69) is 5.32 Å². The summed E-state index contributed by atoms with van der Waals surface area (Å²) in [4.78, 5) is 12.7. The Kier molecular flexibility index (Phi) is 6.54. The first-order valence-electron chi connectivity index (χ1n) is 8.00. The average Bonchev–Trinajstić information content (AvgIpc) is 2.67. The van der Waals surface area contributed by atoms with Gasteiger partial charge >= 0.3 is 0 Å². The second kappa shape index (κ2) is 8.84. The number of nitrogens with one attached hydrogen (secondary N) is 1. The molecule has 140 valence electrons. The van der Waals surface area contributed by atoms with Gasteiger partial charge in [0.1, 0.15) is 5.75 Å². The smallest absolute Gasteiger partial charge is 0.259 e. The summed E-state index contributed by atoms with van der Waals surface area (Å²) in [5.74, 6) is 2.07. The summed E-state index contributed by atoms with van der Waals surface area (Å²) in [6, 6.07) is 8.34. The molecule has 0 saturated carbocycles. The van der Waals surface area contributed by atoms with E-state index in [1.165, 1.54) is 21.3 Å². The molecule has 0 fully saturated rings. The molecular formula is C19H23NO6. The minimum Gasteiger partial charge on any atom is -0.496 e. The Hall–Kier alpha value is -3.09. The molecule has 2 aromatic carbocycles. The second-order valence-electron chi connectivity index (χ2n) is 5.16. The first kappa shape index (κ1) is 19.2. The number of anilines is 1. The van der Waals surface area contributed by atoms with Crippen LogP contribution in [0, 0.1) is 0 Å². The van der Waals surface area contributed by atoms with E-state index in [-0.39, 0.29) is 5.91 Å². The fraction of sp³-hybridized carbons (Fsp3) is 0.316. The van der Waals surface area contributed by atoms with Crippen LogP contribution >= 0.6 is 0 Å². The van der Waals surface area contributed by atoms with Crippen LogP contribution in [0.1, 0.15) is 17.3 Å². The third-order valence-corrected chi connectivity index (χ3v) is 3.67. The highest BCUT2D eigenvalue weighted by molar-refractivity contribution is 6.06. The normalized spacial score (nSPS) is 10.0. The van der Waals surface area contributed by atoms with Crippen LogP contribution < -0.4 is 29.0 Å². The SMILES string of the molecule is CCOc1ccc(NC(=O)c2cc(OC)c(OC)cc2OC)cc1OC. The topological polar surface area (TPSA) is 75.3 Å². The molecule has 0 aliphatic heterocycles. The summed E-state index contributed by atoms with van der Waals surface area (Å²) in [5.41, 5.74) is 0.880. The largest absolute Gasteiger partial charge is 0.496 e. The monoisotopic (exact) mass is 361 g/mol. The molecule has 7 nitrogen and oxygen atoms in total. The predicted molar refractivity (Wildman–Crippen MR) is 98.2 cm³/mol. The van der Waals surface area contributed by atoms with E-state index in [1.807, 2.05) is 6.92 Å². The molecule has 2 rings (SSSR count). The molecule has 26 heavy (non-hydrogen) atoms. The molecule has 0 unspecified atom stereocenters. The quantitative estimate of drug-likeness (QED) is 0.777. The van der Waals surface area contributed by atoms with E-state index in [0.717, 1.165) is 0 Å². The number of amides is 1. The summed E-state index contributed by atoms with van der Waals surface area (Å²) >= 11 is 0. The van der Waals surface area contributed by atoms with Gasteiger partial charge in [0, 0.05) is 23.9 Å². The number of methoxy groups -OCH3 is 4. The summed E-state index contributed by atoms with van der Waals surface area (Å²) in [6.07, 6.45) is 0. The van der Waals surface area contributed by atoms with Gasteiger partial charge in [-0.25, -0.2) is 0 Å². The third kappa shape index (κ3) is 4.11. The Morgan fingerprint density at radius 2 is 1.38 bits per heavy atom. The van der Waals surface area contributed by atoms with Crippen LogP contribution in [0.4, 0.5) is 5.69 Å². The van der Waals surface area contributed by atoms with Crippen molar-refractivity contribution in [1.29, 1.82) is 0 Å². The van der Waals surface area contributed by atoms with Gasteiger partial charge in [-0.3, -0.25) is 4.79 Å². The van der Waals surface area contributed by atoms with Gasteiger partial charge in [-0.05, 0) is 19.1 Å². The van der Waals surface area contributed by atoms with Crippen molar-refractivity contribution in [3.05, 3.63) is 35.9 Å². The van der Waals surface area contributed by atoms with Gasteiger partial charge in [0.15, 0.2) is 23.0 Å². The highest BCUT2D eigenvalue weighted by Gasteiger charge is 2.18. The Morgan fingerprint density at radius 3 is 1.96 bits per heavy atom. The maximum absolute atomic E-state index is 12.7. The number of carbonyl (C=O) groups excluding carboxylic acids is 1. The molecule has 0 spiro atoms. The number of hydrogen-bond donors (Lipinski definition) is 1. The Bertz CT molecular complexity index is 775. The molecule has 0 radical (unpaired) electrons. The van der Waals surface area contributed by atoms with Gasteiger partial charge in [-0.1, -0.05) is 0 Å². The van der Waals surface area contributed by atoms with Crippen LogP contribution in [0.15, 0.2) is 30.3 Å². The van der Waals surface area contributed by atoms with Gasteiger partial charge in [0.2, 0.25) is 0 Å². The maximum atomic E-state index is 12.7. The molecule has 0 aliphatic carbocycles. The third-order valence-electron chi connectivity index (χ3n) is 3.67. The fourth-order valence-corrected chi connectivity index (χ4v) is 2.43. The second-order valence-corrected chi connectivity index (χ2v) is 5.16. The van der Waals surface area contributed by atoms with Crippen molar-refractivity contribution < 1.29 is 28.5 Å². The average molecular weight is 361 g/mol. The number of rotatable bonds is 8. The summed E-state index contributed by atoms with van der Waals surface area (Å²) in [7, 11) is 6.05. The van der Waals surface area contributed by atoms with Crippen molar-refractivity contribution in [1.82, 2.24) is 0 Å². The lowest BCUT2D eigenvalue weighted by Crippen LogP contribution is -2.14. The molecule has 0 atom stereocenters. The van der Waals surface area contributed by atoms with Gasteiger partial charge in [0.25, 0.3) is 5.91 Å². The molecule has 0 bridgehead atoms. The molecule has 1 amide bonds. The molecule has 0 aliphatic rings. The van der Waals surface area contributed by atoms with E-state index < -0.39 is 0 Å². The molecule has 7 heteroatoms. The van der Waals surface area contributed by atoms with E-state index in [9.17, 15) is 4.79 Å². The van der Waals surface area contributed by atoms with Crippen molar-refractivity contribution in [2.75, 3.05) is 40.4 Å². The minimum absolute atomic E-state index is 0.318. The summed E-state index contributed by atoms with van der Waals surface area (Å²) in [6.45, 7) is 2.41. The molecule has 0 aromatic heterocycles. The Morgan fingerprint density at radius 1 is 0.808 bits per heavy atom. The van der Waals surface area contributed by atoms with Crippen molar-refractivity contribution in [2.45, 2.75) is 6.92 Å². The Labute approximate surface area is 152 Å². The van der Waals surface area contributed by atoms with Gasteiger partial charge < -0.3 is 29.0 Å². The van der Waals surface area contributed by atoms with Crippen LogP contribution in [0.2, 0.25) is 0 Å². The highest BCUT2D eigenvalue weighted by Crippen LogP contribution is 2.35. The lowest BCUT2D eigenvalue weighted by Gasteiger charge is -2.15. The summed E-state index contributed by atoms with van der Waals surface area (Å²) in [5, 5.41) is 2.81. The van der Waals surface area contributed by atoms with Crippen molar-refractivity contribution in [2.24, 2.45) is 0 Å². The maximum Gasteiger partial charge on any atom is 0.259 e. The van der Waals surface area contributed by atoms with Gasteiger partial charge in [0.05, 0.1) is 40.6 Å². The zero-order chi connectivity index (χ0) is 19.1. The van der Waals surface area contributed by atoms with E-state index >= 15 is 0 Å². The number of hydrogen-bond acceptors (Lipinski definition) is 6. The van der Waals surface area contributed by atoms with Crippen molar-refractivity contribution in [3.63, 3.8) is 0 Å². The zero-order valence-corrected chi connectivity index (χ0v) is 15.5. The minimum atomic E-state index is -0.353. The van der Waals surface area contributed by atoms with Gasteiger partial charge in [-0.2, -0.15) is 0 Å². The predicted octanol–water partition coefficient (Wildman–Crippen LogP) is 3.37. The van der Waals surface area contributed by atoms with Crippen LogP contribution in [-0.4, -0.2) is 41.0 Å².